The molecule has 1 amide bonds. The summed E-state index contributed by atoms with van der Waals surface area (Å²) in [5, 5.41) is 2.73. The van der Waals surface area contributed by atoms with Crippen LogP contribution in [0.3, 0.4) is 0 Å². The highest BCUT2D eigenvalue weighted by molar-refractivity contribution is 8.76. The lowest BCUT2D eigenvalue weighted by Gasteiger charge is -2.03. The minimum atomic E-state index is 0.0134. The molecule has 0 heterocycles. The van der Waals surface area contributed by atoms with E-state index in [1.807, 2.05) is 6.92 Å². The van der Waals surface area contributed by atoms with E-state index in [9.17, 15) is 9.59 Å². The van der Waals surface area contributed by atoms with E-state index in [-0.39, 0.29) is 11.7 Å². The molecule has 0 aliphatic carbocycles. The molecule has 100 valence electrons. The third-order valence-corrected chi connectivity index (χ3v) is 4.24. The molecule has 0 radical (unpaired) electrons. The quantitative estimate of drug-likeness (QED) is 0.462. The van der Waals surface area contributed by atoms with Gasteiger partial charge in [0.15, 0.2) is 0 Å². The molecule has 0 saturated heterocycles. The number of ketones is 1. The fourth-order valence-electron chi connectivity index (χ4n) is 0.944. The number of amides is 1. The maximum absolute atomic E-state index is 11.0. The number of rotatable bonds is 11. The Morgan fingerprint density at radius 1 is 1.18 bits per heavy atom. The molecule has 0 saturated carbocycles. The zero-order chi connectivity index (χ0) is 12.9. The molecule has 4 nitrogen and oxygen atoms in total. The molecule has 17 heavy (non-hydrogen) atoms. The molecule has 0 bridgehead atoms. The molecule has 6 heteroatoms. The zero-order valence-corrected chi connectivity index (χ0v) is 12.1. The summed E-state index contributed by atoms with van der Waals surface area (Å²) in [6.07, 6.45) is 1.12. The Hall–Kier alpha value is -0.200. The molecule has 0 fully saturated rings. The Balaban J connectivity index is 3.03. The second-order valence-corrected chi connectivity index (χ2v) is 6.08. The van der Waals surface area contributed by atoms with Gasteiger partial charge in [-0.2, -0.15) is 0 Å². The topological polar surface area (TPSA) is 55.4 Å². The van der Waals surface area contributed by atoms with Gasteiger partial charge in [0.05, 0.1) is 13.2 Å². The minimum absolute atomic E-state index is 0.0134. The standard InChI is InChI=1S/C11H21NO3S2/c1-3-11(14)4-6-15-7-9-17-16-8-5-12-10(2)13/h3-9H2,1-2H3,(H,12,13). The molecule has 0 aromatic heterocycles. The predicted molar refractivity (Wildman–Crippen MR) is 74.3 cm³/mol. The Labute approximate surface area is 111 Å². The first kappa shape index (κ1) is 16.8. The van der Waals surface area contributed by atoms with Crippen LogP contribution >= 0.6 is 21.6 Å². The highest BCUT2D eigenvalue weighted by atomic mass is 33.1. The average molecular weight is 279 g/mol. The van der Waals surface area contributed by atoms with Crippen LogP contribution in [0.1, 0.15) is 26.7 Å². The zero-order valence-electron chi connectivity index (χ0n) is 10.5. The fourth-order valence-corrected chi connectivity index (χ4v) is 2.71. The van der Waals surface area contributed by atoms with Gasteiger partial charge in [-0.25, -0.2) is 0 Å². The van der Waals surface area contributed by atoms with Gasteiger partial charge in [0.25, 0.3) is 0 Å². The molecule has 0 aromatic rings. The Kier molecular flexibility index (Phi) is 12.1. The van der Waals surface area contributed by atoms with Crippen LogP contribution in [0.5, 0.6) is 0 Å². The predicted octanol–water partition coefficient (Wildman–Crippen LogP) is 1.89. The number of Topliss-reactive ketones (excluding diaryl/α,β-unsaturated/α-hetero) is 1. The van der Waals surface area contributed by atoms with Crippen molar-refractivity contribution in [2.45, 2.75) is 26.7 Å². The van der Waals surface area contributed by atoms with E-state index < -0.39 is 0 Å². The first-order valence-electron chi connectivity index (χ1n) is 5.75. The molecular formula is C11H21NO3S2. The van der Waals surface area contributed by atoms with Crippen molar-refractivity contribution in [1.29, 1.82) is 0 Å². The summed E-state index contributed by atoms with van der Waals surface area (Å²) in [5.41, 5.74) is 0. The molecule has 0 aliphatic heterocycles. The highest BCUT2D eigenvalue weighted by Gasteiger charge is 1.98. The second-order valence-electron chi connectivity index (χ2n) is 3.38. The number of hydrogen-bond acceptors (Lipinski definition) is 5. The van der Waals surface area contributed by atoms with Crippen LogP contribution in [0, 0.1) is 0 Å². The van der Waals surface area contributed by atoms with Crippen LogP contribution < -0.4 is 5.32 Å². The van der Waals surface area contributed by atoms with E-state index in [1.165, 1.54) is 6.92 Å². The van der Waals surface area contributed by atoms with Crippen molar-refractivity contribution in [3.05, 3.63) is 0 Å². The molecule has 0 rings (SSSR count). The summed E-state index contributed by atoms with van der Waals surface area (Å²) in [6.45, 7) is 5.30. The number of carbonyl (C=O) groups excluding carboxylic acids is 2. The van der Waals surface area contributed by atoms with Gasteiger partial charge in [-0.1, -0.05) is 28.5 Å². The van der Waals surface area contributed by atoms with E-state index in [1.54, 1.807) is 21.6 Å². The lowest BCUT2D eigenvalue weighted by molar-refractivity contribution is -0.120. The van der Waals surface area contributed by atoms with Crippen LogP contribution in [0.15, 0.2) is 0 Å². The lowest BCUT2D eigenvalue weighted by Crippen LogP contribution is -2.22. The summed E-state index contributed by atoms with van der Waals surface area (Å²) >= 11 is 0. The van der Waals surface area contributed by atoms with Gasteiger partial charge in [0, 0.05) is 37.8 Å². The first-order valence-corrected chi connectivity index (χ1v) is 8.24. The third-order valence-electron chi connectivity index (χ3n) is 1.87. The summed E-state index contributed by atoms with van der Waals surface area (Å²) in [4.78, 5) is 21.5. The van der Waals surface area contributed by atoms with Crippen LogP contribution in [0.25, 0.3) is 0 Å². The van der Waals surface area contributed by atoms with Crippen LogP contribution in [-0.4, -0.2) is 43.0 Å². The molecular weight excluding hydrogens is 258 g/mol. The van der Waals surface area contributed by atoms with E-state index in [2.05, 4.69) is 5.32 Å². The van der Waals surface area contributed by atoms with Gasteiger partial charge in [-0.05, 0) is 0 Å². The number of carbonyl (C=O) groups is 2. The Morgan fingerprint density at radius 3 is 2.53 bits per heavy atom. The largest absolute Gasteiger partial charge is 0.380 e. The van der Waals surface area contributed by atoms with Crippen molar-refractivity contribution in [1.82, 2.24) is 5.32 Å². The van der Waals surface area contributed by atoms with E-state index >= 15 is 0 Å². The smallest absolute Gasteiger partial charge is 0.216 e. The molecule has 0 unspecified atom stereocenters. The van der Waals surface area contributed by atoms with E-state index in [0.29, 0.717) is 32.6 Å². The minimum Gasteiger partial charge on any atom is -0.380 e. The maximum Gasteiger partial charge on any atom is 0.216 e. The summed E-state index contributed by atoms with van der Waals surface area (Å²) in [6, 6.07) is 0. The Bertz CT molecular complexity index is 225. The van der Waals surface area contributed by atoms with Crippen molar-refractivity contribution < 1.29 is 14.3 Å². The van der Waals surface area contributed by atoms with Crippen molar-refractivity contribution in [3.8, 4) is 0 Å². The van der Waals surface area contributed by atoms with Crippen molar-refractivity contribution in [2.75, 3.05) is 31.3 Å². The summed E-state index contributed by atoms with van der Waals surface area (Å²) < 4.78 is 5.33. The maximum atomic E-state index is 11.0. The number of hydrogen-bond donors (Lipinski definition) is 1. The first-order chi connectivity index (χ1) is 8.16. The van der Waals surface area contributed by atoms with Crippen molar-refractivity contribution in [3.63, 3.8) is 0 Å². The Morgan fingerprint density at radius 2 is 1.88 bits per heavy atom. The molecule has 0 aliphatic rings. The summed E-state index contributed by atoms with van der Waals surface area (Å²) in [7, 11) is 3.44. The third kappa shape index (κ3) is 13.7. The molecule has 0 atom stereocenters. The van der Waals surface area contributed by atoms with E-state index in [4.69, 9.17) is 4.74 Å². The van der Waals surface area contributed by atoms with Gasteiger partial charge in [-0.15, -0.1) is 0 Å². The van der Waals surface area contributed by atoms with Crippen LogP contribution in [0.4, 0.5) is 0 Å². The van der Waals surface area contributed by atoms with Gasteiger partial charge < -0.3 is 10.1 Å². The lowest BCUT2D eigenvalue weighted by atomic mass is 10.2. The normalized spacial score (nSPS) is 10.2. The summed E-state index contributed by atoms with van der Waals surface area (Å²) in [5.74, 6) is 2.07. The van der Waals surface area contributed by atoms with Gasteiger partial charge >= 0.3 is 0 Å². The van der Waals surface area contributed by atoms with Crippen molar-refractivity contribution in [2.24, 2.45) is 0 Å². The van der Waals surface area contributed by atoms with E-state index in [0.717, 1.165) is 11.5 Å². The highest BCUT2D eigenvalue weighted by Crippen LogP contribution is 2.19. The SMILES string of the molecule is CCC(=O)CCOCCSSCCNC(C)=O. The monoisotopic (exact) mass is 279 g/mol. The number of ether oxygens (including phenoxy) is 1. The molecule has 1 N–H and O–H groups in total. The number of nitrogens with one attached hydrogen (secondary N) is 1. The van der Waals surface area contributed by atoms with Crippen LogP contribution in [-0.2, 0) is 14.3 Å². The molecule has 0 aromatic carbocycles. The average Bonchev–Trinajstić information content (AvgIpc) is 2.30. The molecule has 0 spiro atoms. The van der Waals surface area contributed by atoms with Gasteiger partial charge in [-0.3, -0.25) is 9.59 Å². The van der Waals surface area contributed by atoms with Gasteiger partial charge in [0.1, 0.15) is 5.78 Å². The van der Waals surface area contributed by atoms with Gasteiger partial charge in [0.2, 0.25) is 5.91 Å². The second kappa shape index (κ2) is 12.3. The van der Waals surface area contributed by atoms with Crippen molar-refractivity contribution >= 4 is 33.3 Å². The fraction of sp³-hybridized carbons (Fsp3) is 0.818. The van der Waals surface area contributed by atoms with Crippen LogP contribution in [0.2, 0.25) is 0 Å².